The Morgan fingerprint density at radius 2 is 2.03 bits per heavy atom. The molecule has 0 saturated carbocycles. The molecule has 3 N–H and O–H groups in total. The lowest BCUT2D eigenvalue weighted by atomic mass is 9.86. The standard InChI is InChI=1S/C21H27N5O3/c1-20(2,3)12-15(18(27)26-21(13-22)8-10-23-11-9-21)24-17-14-6-4-5-7-16(14)29-19(28)25-17/h4-7,15,23H,8-12H2,1-3H3,(H,26,27)(H,24,25,28). The number of hydrogen-bond donors (Lipinski definition) is 3. The van der Waals surface area contributed by atoms with Gasteiger partial charge in [-0.15, -0.1) is 0 Å². The maximum atomic E-state index is 13.2. The van der Waals surface area contributed by atoms with E-state index in [1.54, 1.807) is 18.2 Å². The molecule has 8 nitrogen and oxygen atoms in total. The van der Waals surface area contributed by atoms with Crippen LogP contribution in [0.1, 0.15) is 40.0 Å². The molecule has 0 aliphatic carbocycles. The molecule has 1 aromatic heterocycles. The summed E-state index contributed by atoms with van der Waals surface area (Å²) in [6.07, 6.45) is 1.59. The molecule has 1 fully saturated rings. The fraction of sp³-hybridized carbons (Fsp3) is 0.524. The number of carbonyl (C=O) groups is 1. The van der Waals surface area contributed by atoms with Gasteiger partial charge in [0.15, 0.2) is 0 Å². The molecule has 1 saturated heterocycles. The van der Waals surface area contributed by atoms with Gasteiger partial charge in [0, 0.05) is 0 Å². The van der Waals surface area contributed by atoms with E-state index < -0.39 is 17.3 Å². The lowest BCUT2D eigenvalue weighted by Gasteiger charge is -2.34. The second kappa shape index (κ2) is 8.21. The summed E-state index contributed by atoms with van der Waals surface area (Å²) in [5.41, 5.74) is -0.652. The summed E-state index contributed by atoms with van der Waals surface area (Å²) in [5, 5.41) is 19.6. The van der Waals surface area contributed by atoms with Gasteiger partial charge in [-0.3, -0.25) is 4.79 Å². The number of rotatable bonds is 5. The van der Waals surface area contributed by atoms with Gasteiger partial charge in [0.25, 0.3) is 0 Å². The molecule has 1 unspecified atom stereocenters. The van der Waals surface area contributed by atoms with Crippen LogP contribution in [-0.4, -0.2) is 35.6 Å². The molecule has 0 spiro atoms. The first kappa shape index (κ1) is 20.8. The van der Waals surface area contributed by atoms with Gasteiger partial charge in [-0.25, -0.2) is 4.79 Å². The highest BCUT2D eigenvalue weighted by Crippen LogP contribution is 2.26. The van der Waals surface area contributed by atoms with Crippen molar-refractivity contribution >= 4 is 22.7 Å². The summed E-state index contributed by atoms with van der Waals surface area (Å²) < 4.78 is 5.14. The van der Waals surface area contributed by atoms with Crippen molar-refractivity contribution in [2.45, 2.75) is 51.6 Å². The second-order valence-electron chi connectivity index (χ2n) is 8.72. The van der Waals surface area contributed by atoms with Crippen LogP contribution < -0.4 is 21.7 Å². The Bertz CT molecular complexity index is 980. The van der Waals surface area contributed by atoms with Crippen LogP contribution in [0.3, 0.4) is 0 Å². The lowest BCUT2D eigenvalue weighted by molar-refractivity contribution is -0.124. The summed E-state index contributed by atoms with van der Waals surface area (Å²) in [7, 11) is 0. The Balaban J connectivity index is 1.91. The molecule has 3 rings (SSSR count). The molecule has 2 heterocycles. The SMILES string of the molecule is CC(C)(C)CC(Nc1nc(=O)oc2ccccc12)C(=O)NC1(C#N)CCNCC1. The first-order chi connectivity index (χ1) is 13.7. The monoisotopic (exact) mass is 397 g/mol. The van der Waals surface area contributed by atoms with Crippen LogP contribution in [0.5, 0.6) is 0 Å². The largest absolute Gasteiger partial charge is 0.441 e. The number of nitrogens with zero attached hydrogens (tertiary/aromatic N) is 2. The zero-order chi connectivity index (χ0) is 21.1. The van der Waals surface area contributed by atoms with E-state index in [4.69, 9.17) is 4.42 Å². The molecular formula is C21H27N5O3. The Labute approximate surface area is 169 Å². The molecule has 0 radical (unpaired) electrons. The molecule has 1 amide bonds. The predicted octanol–water partition coefficient (Wildman–Crippen LogP) is 2.17. The number of para-hydroxylation sites is 1. The van der Waals surface area contributed by atoms with Crippen LogP contribution in [0, 0.1) is 16.7 Å². The van der Waals surface area contributed by atoms with Crippen LogP contribution in [0.25, 0.3) is 11.0 Å². The van der Waals surface area contributed by atoms with Gasteiger partial charge < -0.3 is 20.4 Å². The number of aromatic nitrogens is 1. The minimum absolute atomic E-state index is 0.168. The van der Waals surface area contributed by atoms with Crippen LogP contribution in [0.15, 0.2) is 33.5 Å². The van der Waals surface area contributed by atoms with Gasteiger partial charge in [-0.1, -0.05) is 32.9 Å². The third-order valence-electron chi connectivity index (χ3n) is 5.02. The van der Waals surface area contributed by atoms with Crippen LogP contribution >= 0.6 is 0 Å². The van der Waals surface area contributed by atoms with E-state index >= 15 is 0 Å². The average Bonchev–Trinajstić information content (AvgIpc) is 2.67. The van der Waals surface area contributed by atoms with Gasteiger partial charge in [0.05, 0.1) is 11.5 Å². The third-order valence-corrected chi connectivity index (χ3v) is 5.02. The highest BCUT2D eigenvalue weighted by molar-refractivity contribution is 5.91. The van der Waals surface area contributed by atoms with Crippen molar-refractivity contribution in [2.24, 2.45) is 5.41 Å². The van der Waals surface area contributed by atoms with Crippen LogP contribution in [-0.2, 0) is 4.79 Å². The summed E-state index contributed by atoms with van der Waals surface area (Å²) in [6.45, 7) is 7.45. The zero-order valence-electron chi connectivity index (χ0n) is 17.0. The first-order valence-electron chi connectivity index (χ1n) is 9.82. The smallest absolute Gasteiger partial charge is 0.408 e. The number of fused-ring (bicyclic) bond motifs is 1. The van der Waals surface area contributed by atoms with E-state index in [2.05, 4.69) is 27.0 Å². The minimum Gasteiger partial charge on any atom is -0.408 e. The summed E-state index contributed by atoms with van der Waals surface area (Å²) in [6, 6.07) is 8.67. The Kier molecular flexibility index (Phi) is 5.89. The van der Waals surface area contributed by atoms with E-state index in [-0.39, 0.29) is 11.3 Å². The number of nitrogens with one attached hydrogen (secondary N) is 3. The number of benzene rings is 1. The Morgan fingerprint density at radius 3 is 2.69 bits per heavy atom. The van der Waals surface area contributed by atoms with Crippen molar-refractivity contribution in [3.63, 3.8) is 0 Å². The van der Waals surface area contributed by atoms with Gasteiger partial charge in [-0.05, 0) is 49.9 Å². The first-order valence-corrected chi connectivity index (χ1v) is 9.82. The van der Waals surface area contributed by atoms with Crippen molar-refractivity contribution in [3.8, 4) is 6.07 Å². The van der Waals surface area contributed by atoms with Crippen LogP contribution in [0.4, 0.5) is 5.82 Å². The van der Waals surface area contributed by atoms with Crippen LogP contribution in [0.2, 0.25) is 0 Å². The minimum atomic E-state index is -0.884. The second-order valence-corrected chi connectivity index (χ2v) is 8.72. The molecule has 1 aliphatic heterocycles. The van der Waals surface area contributed by atoms with Crippen molar-refractivity contribution in [1.29, 1.82) is 5.26 Å². The number of amides is 1. The number of anilines is 1. The highest BCUT2D eigenvalue weighted by Gasteiger charge is 2.36. The molecule has 1 aromatic carbocycles. The highest BCUT2D eigenvalue weighted by atomic mass is 16.4. The van der Waals surface area contributed by atoms with E-state index in [1.165, 1.54) is 0 Å². The molecule has 8 heteroatoms. The summed E-state index contributed by atoms with van der Waals surface area (Å²) in [5.74, 6) is -0.701. The molecule has 2 aromatic rings. The molecule has 0 bridgehead atoms. The molecule has 29 heavy (non-hydrogen) atoms. The number of nitriles is 1. The normalized spacial score (nSPS) is 17.3. The van der Waals surface area contributed by atoms with Crippen molar-refractivity contribution in [1.82, 2.24) is 15.6 Å². The number of carbonyl (C=O) groups excluding carboxylic acids is 1. The van der Waals surface area contributed by atoms with Crippen molar-refractivity contribution in [3.05, 3.63) is 34.8 Å². The molecule has 1 atom stereocenters. The van der Waals surface area contributed by atoms with Gasteiger partial charge in [-0.2, -0.15) is 10.2 Å². The van der Waals surface area contributed by atoms with E-state index in [0.717, 1.165) is 0 Å². The Hall–Kier alpha value is -2.92. The average molecular weight is 397 g/mol. The van der Waals surface area contributed by atoms with E-state index in [1.807, 2.05) is 26.8 Å². The maximum absolute atomic E-state index is 13.2. The molecule has 1 aliphatic rings. The van der Waals surface area contributed by atoms with Crippen molar-refractivity contribution in [2.75, 3.05) is 18.4 Å². The van der Waals surface area contributed by atoms with Gasteiger partial charge in [0.1, 0.15) is 23.0 Å². The van der Waals surface area contributed by atoms with Gasteiger partial charge in [0.2, 0.25) is 5.91 Å². The van der Waals surface area contributed by atoms with Crippen molar-refractivity contribution < 1.29 is 9.21 Å². The third kappa shape index (κ3) is 5.12. The summed E-state index contributed by atoms with van der Waals surface area (Å²) >= 11 is 0. The lowest BCUT2D eigenvalue weighted by Crippen LogP contribution is -2.57. The van der Waals surface area contributed by atoms with Gasteiger partial charge >= 0.3 is 5.76 Å². The molecular weight excluding hydrogens is 370 g/mol. The fourth-order valence-corrected chi connectivity index (χ4v) is 3.56. The fourth-order valence-electron chi connectivity index (χ4n) is 3.56. The van der Waals surface area contributed by atoms with E-state index in [9.17, 15) is 14.9 Å². The number of hydrogen-bond acceptors (Lipinski definition) is 7. The topological polar surface area (TPSA) is 120 Å². The molecule has 154 valence electrons. The van der Waals surface area contributed by atoms with E-state index in [0.29, 0.717) is 49.1 Å². The summed E-state index contributed by atoms with van der Waals surface area (Å²) in [4.78, 5) is 29.0. The number of piperidine rings is 1. The maximum Gasteiger partial charge on any atom is 0.441 e. The zero-order valence-corrected chi connectivity index (χ0v) is 17.0. The predicted molar refractivity (Wildman–Crippen MR) is 110 cm³/mol. The quantitative estimate of drug-likeness (QED) is 0.707. The Morgan fingerprint density at radius 1 is 1.34 bits per heavy atom.